The fourth-order valence-electron chi connectivity index (χ4n) is 2.56. The Morgan fingerprint density at radius 3 is 2.79 bits per heavy atom. The van der Waals surface area contributed by atoms with Gasteiger partial charge < -0.3 is 15.1 Å². The van der Waals surface area contributed by atoms with Crippen LogP contribution in [0.5, 0.6) is 0 Å². The van der Waals surface area contributed by atoms with E-state index in [0.717, 1.165) is 31.3 Å². The van der Waals surface area contributed by atoms with Gasteiger partial charge in [-0.1, -0.05) is 0 Å². The average Bonchev–Trinajstić information content (AvgIpc) is 3.14. The Kier molecular flexibility index (Phi) is 3.82. The van der Waals surface area contributed by atoms with E-state index in [9.17, 15) is 0 Å². The molecule has 0 bridgehead atoms. The first-order valence-corrected chi connectivity index (χ1v) is 7.37. The molecule has 1 fully saturated rings. The maximum atomic E-state index is 5.92. The molecular weight excluding hydrogens is 260 g/mol. The van der Waals surface area contributed by atoms with Gasteiger partial charge >= 0.3 is 0 Å². The van der Waals surface area contributed by atoms with E-state index in [0.29, 0.717) is 6.54 Å². The fraction of sp³-hybridized carbons (Fsp3) is 0.462. The third-order valence-corrected chi connectivity index (χ3v) is 4.43. The Morgan fingerprint density at radius 2 is 2.21 bits per heavy atom. The minimum atomic E-state index is 0.261. The Morgan fingerprint density at radius 1 is 1.37 bits per heavy atom. The van der Waals surface area contributed by atoms with E-state index in [-0.39, 0.29) is 6.04 Å². The van der Waals surface area contributed by atoms with E-state index in [1.807, 2.05) is 17.6 Å². The van der Waals surface area contributed by atoms with Crippen LogP contribution in [-0.4, -0.2) is 42.6 Å². The van der Waals surface area contributed by atoms with Crippen molar-refractivity contribution in [3.63, 3.8) is 0 Å². The number of rotatable bonds is 4. The van der Waals surface area contributed by atoms with E-state index in [4.69, 9.17) is 10.2 Å². The van der Waals surface area contributed by atoms with Gasteiger partial charge in [-0.05, 0) is 6.07 Å². The summed E-state index contributed by atoms with van der Waals surface area (Å²) in [5, 5.41) is 3.14. The van der Waals surface area contributed by atoms with Crippen LogP contribution in [0.15, 0.2) is 34.6 Å². The molecule has 1 aliphatic heterocycles. The molecule has 19 heavy (non-hydrogen) atoms. The molecule has 0 amide bonds. The first kappa shape index (κ1) is 12.7. The van der Waals surface area contributed by atoms with Crippen molar-refractivity contribution < 1.29 is 4.42 Å². The molecular formula is C13H18N4OS. The van der Waals surface area contributed by atoms with Crippen molar-refractivity contribution in [2.75, 3.05) is 37.6 Å². The topological polar surface area (TPSA) is 58.5 Å². The van der Waals surface area contributed by atoms with Crippen LogP contribution in [0.4, 0.5) is 5.13 Å². The lowest BCUT2D eigenvalue weighted by molar-refractivity contribution is 0.189. The van der Waals surface area contributed by atoms with Crippen LogP contribution in [0.3, 0.4) is 0 Å². The van der Waals surface area contributed by atoms with Gasteiger partial charge in [-0.15, -0.1) is 11.3 Å². The molecule has 0 aliphatic carbocycles. The van der Waals surface area contributed by atoms with Crippen LogP contribution in [0.2, 0.25) is 0 Å². The highest BCUT2D eigenvalue weighted by atomic mass is 32.1. The first-order chi connectivity index (χ1) is 9.38. The smallest absolute Gasteiger partial charge is 0.185 e. The Balaban J connectivity index is 1.63. The summed E-state index contributed by atoms with van der Waals surface area (Å²) in [6.45, 7) is 4.64. The molecule has 3 heterocycles. The lowest BCUT2D eigenvalue weighted by atomic mass is 10.1. The highest BCUT2D eigenvalue weighted by Crippen LogP contribution is 2.24. The second-order valence-electron chi connectivity index (χ2n) is 4.65. The summed E-state index contributed by atoms with van der Waals surface area (Å²) in [5.41, 5.74) is 7.09. The van der Waals surface area contributed by atoms with E-state index in [1.165, 1.54) is 5.56 Å². The van der Waals surface area contributed by atoms with E-state index in [1.54, 1.807) is 23.9 Å². The van der Waals surface area contributed by atoms with Crippen LogP contribution in [0.1, 0.15) is 11.6 Å². The monoisotopic (exact) mass is 278 g/mol. The zero-order valence-corrected chi connectivity index (χ0v) is 11.6. The summed E-state index contributed by atoms with van der Waals surface area (Å²) < 4.78 is 5.17. The zero-order chi connectivity index (χ0) is 13.1. The van der Waals surface area contributed by atoms with Crippen molar-refractivity contribution in [1.29, 1.82) is 0 Å². The van der Waals surface area contributed by atoms with Crippen molar-refractivity contribution in [3.8, 4) is 0 Å². The number of hydrogen-bond donors (Lipinski definition) is 1. The van der Waals surface area contributed by atoms with E-state index in [2.05, 4.69) is 14.8 Å². The molecule has 2 aromatic heterocycles. The summed E-state index contributed by atoms with van der Waals surface area (Å²) in [5.74, 6) is 0. The molecule has 1 aliphatic rings. The number of anilines is 1. The van der Waals surface area contributed by atoms with Crippen molar-refractivity contribution in [2.24, 2.45) is 5.73 Å². The molecule has 0 spiro atoms. The molecule has 1 saturated heterocycles. The van der Waals surface area contributed by atoms with Crippen LogP contribution in [0, 0.1) is 0 Å². The quantitative estimate of drug-likeness (QED) is 0.919. The molecule has 102 valence electrons. The van der Waals surface area contributed by atoms with Crippen LogP contribution >= 0.6 is 11.3 Å². The largest absolute Gasteiger partial charge is 0.472 e. The van der Waals surface area contributed by atoms with Gasteiger partial charge in [0.05, 0.1) is 18.6 Å². The molecule has 2 N–H and O–H groups in total. The Bertz CT molecular complexity index is 477. The number of thiazole rings is 1. The molecule has 5 nitrogen and oxygen atoms in total. The van der Waals surface area contributed by atoms with Gasteiger partial charge in [0.15, 0.2) is 5.13 Å². The van der Waals surface area contributed by atoms with Crippen molar-refractivity contribution in [3.05, 3.63) is 35.7 Å². The summed E-state index contributed by atoms with van der Waals surface area (Å²) in [6, 6.07) is 2.27. The Labute approximate surface area is 116 Å². The maximum absolute atomic E-state index is 5.92. The van der Waals surface area contributed by atoms with Gasteiger partial charge in [0.1, 0.15) is 0 Å². The van der Waals surface area contributed by atoms with Gasteiger partial charge in [0.2, 0.25) is 0 Å². The lowest BCUT2D eigenvalue weighted by Gasteiger charge is -2.38. The second kappa shape index (κ2) is 5.73. The third kappa shape index (κ3) is 2.65. The van der Waals surface area contributed by atoms with Crippen molar-refractivity contribution in [1.82, 2.24) is 9.88 Å². The molecule has 0 saturated carbocycles. The van der Waals surface area contributed by atoms with E-state index >= 15 is 0 Å². The van der Waals surface area contributed by atoms with Gasteiger partial charge in [0.25, 0.3) is 0 Å². The zero-order valence-electron chi connectivity index (χ0n) is 10.7. The third-order valence-electron chi connectivity index (χ3n) is 3.60. The molecule has 6 heteroatoms. The van der Waals surface area contributed by atoms with Gasteiger partial charge in [-0.2, -0.15) is 0 Å². The number of hydrogen-bond acceptors (Lipinski definition) is 6. The minimum Gasteiger partial charge on any atom is -0.472 e. The van der Waals surface area contributed by atoms with Crippen LogP contribution < -0.4 is 10.6 Å². The maximum Gasteiger partial charge on any atom is 0.185 e. The standard InChI is InChI=1S/C13H18N4OS/c14-9-12(11-1-7-18-10-11)16-3-5-17(6-4-16)13-15-2-8-19-13/h1-2,7-8,10,12H,3-6,9,14H2. The summed E-state index contributed by atoms with van der Waals surface area (Å²) in [6.07, 6.45) is 5.37. The SMILES string of the molecule is NCC(c1ccoc1)N1CCN(c2nccs2)CC1. The normalized spacial score (nSPS) is 18.7. The molecule has 2 aromatic rings. The summed E-state index contributed by atoms with van der Waals surface area (Å²) in [4.78, 5) is 9.13. The number of piperazine rings is 1. The minimum absolute atomic E-state index is 0.261. The molecule has 0 aromatic carbocycles. The highest BCUT2D eigenvalue weighted by Gasteiger charge is 2.25. The highest BCUT2D eigenvalue weighted by molar-refractivity contribution is 7.13. The predicted octanol–water partition coefficient (Wildman–Crippen LogP) is 1.56. The lowest BCUT2D eigenvalue weighted by Crippen LogP contribution is -2.49. The number of furan rings is 1. The average molecular weight is 278 g/mol. The Hall–Kier alpha value is -1.37. The van der Waals surface area contributed by atoms with Crippen molar-refractivity contribution >= 4 is 16.5 Å². The predicted molar refractivity (Wildman–Crippen MR) is 76.4 cm³/mol. The molecule has 0 radical (unpaired) electrons. The molecule has 1 atom stereocenters. The number of nitrogens with zero attached hydrogens (tertiary/aromatic N) is 3. The molecule has 1 unspecified atom stereocenters. The number of nitrogens with two attached hydrogens (primary N) is 1. The van der Waals surface area contributed by atoms with Crippen LogP contribution in [0.25, 0.3) is 0 Å². The fourth-order valence-corrected chi connectivity index (χ4v) is 3.25. The van der Waals surface area contributed by atoms with Gasteiger partial charge in [-0.25, -0.2) is 4.98 Å². The second-order valence-corrected chi connectivity index (χ2v) is 5.52. The molecule has 3 rings (SSSR count). The summed E-state index contributed by atoms with van der Waals surface area (Å²) >= 11 is 1.70. The van der Waals surface area contributed by atoms with E-state index < -0.39 is 0 Å². The van der Waals surface area contributed by atoms with Gasteiger partial charge in [-0.3, -0.25) is 4.90 Å². The first-order valence-electron chi connectivity index (χ1n) is 6.49. The van der Waals surface area contributed by atoms with Crippen LogP contribution in [-0.2, 0) is 0 Å². The summed E-state index contributed by atoms with van der Waals surface area (Å²) in [7, 11) is 0. The van der Waals surface area contributed by atoms with Crippen molar-refractivity contribution in [2.45, 2.75) is 6.04 Å². The van der Waals surface area contributed by atoms with Gasteiger partial charge in [0, 0.05) is 49.9 Å². The number of aromatic nitrogens is 1.